The summed E-state index contributed by atoms with van der Waals surface area (Å²) in [4.78, 5) is 18.0. The van der Waals surface area contributed by atoms with Gasteiger partial charge >= 0.3 is 0 Å². The van der Waals surface area contributed by atoms with Gasteiger partial charge in [-0.15, -0.1) is 11.8 Å². The number of carbonyl (C=O) groups excluding carboxylic acids is 1. The van der Waals surface area contributed by atoms with Gasteiger partial charge in [-0.05, 0) is 30.2 Å². The summed E-state index contributed by atoms with van der Waals surface area (Å²) in [5.41, 5.74) is 2.17. The largest absolute Gasteiger partial charge is 0.468 e. The third-order valence-electron chi connectivity index (χ3n) is 4.57. The van der Waals surface area contributed by atoms with Crippen molar-refractivity contribution in [2.45, 2.75) is 18.1 Å². The average Bonchev–Trinajstić information content (AvgIpc) is 3.20. The molecule has 1 N–H and O–H groups in total. The minimum absolute atomic E-state index is 0.209. The molecular weight excluding hydrogens is 320 g/mol. The van der Waals surface area contributed by atoms with E-state index in [9.17, 15) is 4.79 Å². The number of benzene rings is 1. The maximum absolute atomic E-state index is 12.7. The van der Waals surface area contributed by atoms with Crippen molar-refractivity contribution < 1.29 is 9.21 Å². The molecule has 4 rings (SSSR count). The first-order valence-corrected chi connectivity index (χ1v) is 9.34. The lowest BCUT2D eigenvalue weighted by molar-refractivity contribution is -0.130. The topological polar surface area (TPSA) is 49.2 Å². The van der Waals surface area contributed by atoms with Crippen molar-refractivity contribution in [1.82, 2.24) is 9.88 Å². The lowest BCUT2D eigenvalue weighted by Crippen LogP contribution is -2.34. The number of hydrogen-bond donors (Lipinski definition) is 1. The van der Waals surface area contributed by atoms with Gasteiger partial charge in [0.15, 0.2) is 0 Å². The van der Waals surface area contributed by atoms with Crippen LogP contribution in [-0.2, 0) is 11.2 Å². The zero-order chi connectivity index (χ0) is 16.4. The SMILES string of the molecule is O=C(Cc1c[nH]c2ccccc12)N1CCS[C@H](c2ccco2)CC1. The number of carbonyl (C=O) groups is 1. The molecule has 3 heterocycles. The Hall–Kier alpha value is -2.14. The molecule has 1 aliphatic rings. The minimum atomic E-state index is 0.209. The molecular formula is C19H20N2O2S. The number of thioether (sulfide) groups is 1. The van der Waals surface area contributed by atoms with E-state index < -0.39 is 0 Å². The highest BCUT2D eigenvalue weighted by molar-refractivity contribution is 7.99. The number of H-pyrrole nitrogens is 1. The fourth-order valence-electron chi connectivity index (χ4n) is 3.27. The predicted molar refractivity (Wildman–Crippen MR) is 97.1 cm³/mol. The average molecular weight is 340 g/mol. The second kappa shape index (κ2) is 6.77. The molecule has 0 unspecified atom stereocenters. The fraction of sp³-hybridized carbons (Fsp3) is 0.316. The van der Waals surface area contributed by atoms with E-state index in [1.807, 2.05) is 53.2 Å². The molecule has 0 aliphatic carbocycles. The van der Waals surface area contributed by atoms with Gasteiger partial charge in [0, 0.05) is 35.9 Å². The van der Waals surface area contributed by atoms with Crippen LogP contribution in [0.1, 0.15) is 23.0 Å². The van der Waals surface area contributed by atoms with Gasteiger partial charge in [-0.2, -0.15) is 0 Å². The monoisotopic (exact) mass is 340 g/mol. The molecule has 1 amide bonds. The minimum Gasteiger partial charge on any atom is -0.468 e. The Labute approximate surface area is 145 Å². The highest BCUT2D eigenvalue weighted by Gasteiger charge is 2.24. The van der Waals surface area contributed by atoms with Crippen molar-refractivity contribution in [3.05, 3.63) is 60.2 Å². The lowest BCUT2D eigenvalue weighted by atomic mass is 10.1. The number of para-hydroxylation sites is 1. The molecule has 0 saturated carbocycles. The number of furan rings is 1. The third kappa shape index (κ3) is 3.08. The van der Waals surface area contributed by atoms with Crippen LogP contribution in [0.3, 0.4) is 0 Å². The van der Waals surface area contributed by atoms with E-state index in [4.69, 9.17) is 4.42 Å². The van der Waals surface area contributed by atoms with Crippen LogP contribution in [0, 0.1) is 0 Å². The van der Waals surface area contributed by atoms with Crippen LogP contribution in [0.25, 0.3) is 10.9 Å². The summed E-state index contributed by atoms with van der Waals surface area (Å²) in [6.07, 6.45) is 5.08. The Morgan fingerprint density at radius 1 is 1.25 bits per heavy atom. The van der Waals surface area contributed by atoms with Gasteiger partial charge < -0.3 is 14.3 Å². The molecule has 1 aromatic carbocycles. The van der Waals surface area contributed by atoms with Crippen molar-refractivity contribution >= 4 is 28.6 Å². The van der Waals surface area contributed by atoms with Gasteiger partial charge in [0.2, 0.25) is 5.91 Å². The Morgan fingerprint density at radius 3 is 3.04 bits per heavy atom. The van der Waals surface area contributed by atoms with Gasteiger partial charge in [-0.25, -0.2) is 0 Å². The molecule has 0 radical (unpaired) electrons. The molecule has 4 nitrogen and oxygen atoms in total. The predicted octanol–water partition coefficient (Wildman–Crippen LogP) is 4.01. The van der Waals surface area contributed by atoms with E-state index in [1.165, 1.54) is 0 Å². The second-order valence-corrected chi connectivity index (χ2v) is 7.39. The summed E-state index contributed by atoms with van der Waals surface area (Å²) < 4.78 is 5.53. The Balaban J connectivity index is 1.43. The highest BCUT2D eigenvalue weighted by atomic mass is 32.2. The summed E-state index contributed by atoms with van der Waals surface area (Å²) in [6, 6.07) is 12.1. The van der Waals surface area contributed by atoms with E-state index in [2.05, 4.69) is 11.1 Å². The number of amides is 1. The summed E-state index contributed by atoms with van der Waals surface area (Å²) in [5, 5.41) is 1.49. The third-order valence-corrected chi connectivity index (χ3v) is 5.86. The van der Waals surface area contributed by atoms with Crippen molar-refractivity contribution in [3.63, 3.8) is 0 Å². The molecule has 1 saturated heterocycles. The summed E-state index contributed by atoms with van der Waals surface area (Å²) in [6.45, 7) is 1.60. The van der Waals surface area contributed by atoms with E-state index in [1.54, 1.807) is 6.26 Å². The smallest absolute Gasteiger partial charge is 0.227 e. The van der Waals surface area contributed by atoms with Crippen LogP contribution in [-0.4, -0.2) is 34.6 Å². The number of hydrogen-bond acceptors (Lipinski definition) is 3. The summed E-state index contributed by atoms with van der Waals surface area (Å²) in [7, 11) is 0. The molecule has 24 heavy (non-hydrogen) atoms. The van der Waals surface area contributed by atoms with Crippen molar-refractivity contribution in [1.29, 1.82) is 0 Å². The maximum Gasteiger partial charge on any atom is 0.227 e. The first-order valence-electron chi connectivity index (χ1n) is 8.29. The zero-order valence-electron chi connectivity index (χ0n) is 13.4. The van der Waals surface area contributed by atoms with Gasteiger partial charge in [0.1, 0.15) is 5.76 Å². The normalized spacial score (nSPS) is 18.7. The van der Waals surface area contributed by atoms with E-state index in [-0.39, 0.29) is 5.91 Å². The second-order valence-electron chi connectivity index (χ2n) is 6.08. The van der Waals surface area contributed by atoms with Crippen molar-refractivity contribution in [2.24, 2.45) is 0 Å². The Kier molecular flexibility index (Phi) is 4.34. The van der Waals surface area contributed by atoms with Crippen LogP contribution in [0.15, 0.2) is 53.3 Å². The number of nitrogens with zero attached hydrogens (tertiary/aromatic N) is 1. The van der Waals surface area contributed by atoms with E-state index in [0.717, 1.165) is 47.5 Å². The Morgan fingerprint density at radius 2 is 2.17 bits per heavy atom. The molecule has 1 fully saturated rings. The first-order chi connectivity index (χ1) is 11.8. The number of fused-ring (bicyclic) bond motifs is 1. The number of aromatic amines is 1. The van der Waals surface area contributed by atoms with Crippen LogP contribution in [0.2, 0.25) is 0 Å². The van der Waals surface area contributed by atoms with Crippen molar-refractivity contribution in [2.75, 3.05) is 18.8 Å². The molecule has 0 bridgehead atoms. The molecule has 5 heteroatoms. The summed E-state index contributed by atoms with van der Waals surface area (Å²) in [5.74, 6) is 2.18. The quantitative estimate of drug-likeness (QED) is 0.784. The lowest BCUT2D eigenvalue weighted by Gasteiger charge is -2.20. The van der Waals surface area contributed by atoms with Crippen LogP contribution >= 0.6 is 11.8 Å². The van der Waals surface area contributed by atoms with Crippen molar-refractivity contribution in [3.8, 4) is 0 Å². The van der Waals surface area contributed by atoms with Gasteiger partial charge in [-0.3, -0.25) is 4.79 Å². The fourth-order valence-corrected chi connectivity index (χ4v) is 4.46. The van der Waals surface area contributed by atoms with E-state index in [0.29, 0.717) is 11.7 Å². The van der Waals surface area contributed by atoms with Crippen LogP contribution in [0.5, 0.6) is 0 Å². The van der Waals surface area contributed by atoms with E-state index >= 15 is 0 Å². The molecule has 0 spiro atoms. The van der Waals surface area contributed by atoms with Crippen LogP contribution < -0.4 is 0 Å². The van der Waals surface area contributed by atoms with Crippen LogP contribution in [0.4, 0.5) is 0 Å². The standard InChI is InChI=1S/C19H20N2O2S/c22-19(12-14-13-20-16-5-2-1-4-15(14)16)21-8-7-18(24-11-9-21)17-6-3-10-23-17/h1-6,10,13,18,20H,7-9,11-12H2/t18-/m0/s1. The molecule has 124 valence electrons. The number of nitrogens with one attached hydrogen (secondary N) is 1. The van der Waals surface area contributed by atoms with Gasteiger partial charge in [-0.1, -0.05) is 18.2 Å². The Bertz CT molecular complexity index is 825. The zero-order valence-corrected chi connectivity index (χ0v) is 14.2. The first kappa shape index (κ1) is 15.4. The van der Waals surface area contributed by atoms with Gasteiger partial charge in [0.25, 0.3) is 0 Å². The number of aromatic nitrogens is 1. The highest BCUT2D eigenvalue weighted by Crippen LogP contribution is 2.34. The molecule has 1 atom stereocenters. The molecule has 1 aliphatic heterocycles. The maximum atomic E-state index is 12.7. The number of rotatable bonds is 3. The summed E-state index contributed by atoms with van der Waals surface area (Å²) >= 11 is 1.88. The molecule has 3 aromatic rings. The van der Waals surface area contributed by atoms with Gasteiger partial charge in [0.05, 0.1) is 17.9 Å². The molecule has 2 aromatic heterocycles.